The number of aliphatic hydroxyl groups excluding tert-OH is 1. The van der Waals surface area contributed by atoms with Crippen LogP contribution in [0.3, 0.4) is 0 Å². The van der Waals surface area contributed by atoms with Crippen LogP contribution in [0.2, 0.25) is 0 Å². The monoisotopic (exact) mass is 294 g/mol. The van der Waals surface area contributed by atoms with E-state index in [0.717, 1.165) is 12.8 Å². The van der Waals surface area contributed by atoms with Crippen molar-refractivity contribution < 1.29 is 19.8 Å². The maximum absolute atomic E-state index is 11.7. The predicted molar refractivity (Wildman–Crippen MR) is 79.0 cm³/mol. The molecule has 116 valence electrons. The summed E-state index contributed by atoms with van der Waals surface area (Å²) in [6.45, 7) is 1.57. The zero-order chi connectivity index (χ0) is 15.7. The minimum absolute atomic E-state index is 0.0127. The molecule has 2 amide bonds. The Kier molecular flexibility index (Phi) is 7.25. The average Bonchev–Trinajstić information content (AvgIpc) is 2.45. The van der Waals surface area contributed by atoms with Crippen molar-refractivity contribution in [3.8, 4) is 0 Å². The van der Waals surface area contributed by atoms with E-state index in [1.54, 1.807) is 0 Å². The largest absolute Gasteiger partial charge is 0.480 e. The minimum atomic E-state index is -1.16. The van der Waals surface area contributed by atoms with E-state index in [9.17, 15) is 9.59 Å². The highest BCUT2D eigenvalue weighted by atomic mass is 16.4. The zero-order valence-corrected chi connectivity index (χ0v) is 12.1. The minimum Gasteiger partial charge on any atom is -0.480 e. The first-order chi connectivity index (χ1) is 10.0. The smallest absolute Gasteiger partial charge is 0.326 e. The molecule has 0 fully saturated rings. The summed E-state index contributed by atoms with van der Waals surface area (Å²) in [6.07, 6.45) is 1.58. The molecule has 6 heteroatoms. The van der Waals surface area contributed by atoms with Crippen LogP contribution in [0, 0.1) is 0 Å². The van der Waals surface area contributed by atoms with Crippen molar-refractivity contribution in [2.45, 2.75) is 38.3 Å². The molecule has 0 aromatic heterocycles. The Morgan fingerprint density at radius 3 is 2.38 bits per heavy atom. The van der Waals surface area contributed by atoms with E-state index in [4.69, 9.17) is 10.2 Å². The van der Waals surface area contributed by atoms with Gasteiger partial charge in [0.15, 0.2) is 0 Å². The molecule has 0 spiro atoms. The Balaban J connectivity index is 2.34. The van der Waals surface area contributed by atoms with E-state index in [1.165, 1.54) is 5.56 Å². The van der Waals surface area contributed by atoms with E-state index in [1.807, 2.05) is 37.3 Å². The molecule has 2 atom stereocenters. The second-order valence-corrected chi connectivity index (χ2v) is 4.95. The van der Waals surface area contributed by atoms with Crippen molar-refractivity contribution in [1.29, 1.82) is 0 Å². The van der Waals surface area contributed by atoms with E-state index >= 15 is 0 Å². The van der Waals surface area contributed by atoms with Crippen LogP contribution in [0.25, 0.3) is 0 Å². The van der Waals surface area contributed by atoms with Crippen LogP contribution >= 0.6 is 0 Å². The number of carboxylic acid groups (broad SMARTS) is 1. The number of carbonyl (C=O) groups is 2. The number of aliphatic carboxylic acids is 1. The zero-order valence-electron chi connectivity index (χ0n) is 12.1. The molecule has 0 aliphatic rings. The van der Waals surface area contributed by atoms with Gasteiger partial charge in [0.05, 0.1) is 0 Å². The van der Waals surface area contributed by atoms with Gasteiger partial charge in [-0.15, -0.1) is 0 Å². The lowest BCUT2D eigenvalue weighted by atomic mass is 10.1. The molecular formula is C15H22N2O4. The van der Waals surface area contributed by atoms with Gasteiger partial charge in [-0.25, -0.2) is 9.59 Å². The summed E-state index contributed by atoms with van der Waals surface area (Å²) in [7, 11) is 0. The molecule has 0 heterocycles. The SMILES string of the molecule is CC(CCc1ccccc1)NC(=O)N[C@H](CCO)C(=O)O. The molecule has 0 aliphatic heterocycles. The van der Waals surface area contributed by atoms with E-state index in [-0.39, 0.29) is 19.1 Å². The number of urea groups is 1. The van der Waals surface area contributed by atoms with Crippen LogP contribution in [0.5, 0.6) is 0 Å². The quantitative estimate of drug-likeness (QED) is 0.578. The number of aryl methyl sites for hydroxylation is 1. The summed E-state index contributed by atoms with van der Waals surface area (Å²) in [6, 6.07) is 8.25. The molecule has 1 unspecified atom stereocenters. The molecule has 4 N–H and O–H groups in total. The highest BCUT2D eigenvalue weighted by Gasteiger charge is 2.19. The molecule has 0 saturated heterocycles. The number of hydrogen-bond donors (Lipinski definition) is 4. The lowest BCUT2D eigenvalue weighted by Crippen LogP contribution is -2.48. The lowest BCUT2D eigenvalue weighted by molar-refractivity contribution is -0.139. The number of carboxylic acids is 1. The van der Waals surface area contributed by atoms with Crippen molar-refractivity contribution in [1.82, 2.24) is 10.6 Å². The fraction of sp³-hybridized carbons (Fsp3) is 0.467. The number of carbonyl (C=O) groups excluding carboxylic acids is 1. The number of benzene rings is 1. The predicted octanol–water partition coefficient (Wildman–Crippen LogP) is 1.14. The van der Waals surface area contributed by atoms with Gasteiger partial charge in [-0.3, -0.25) is 0 Å². The normalized spacial score (nSPS) is 13.2. The van der Waals surface area contributed by atoms with Crippen LogP contribution in [0.4, 0.5) is 4.79 Å². The van der Waals surface area contributed by atoms with Gasteiger partial charge in [-0.05, 0) is 25.3 Å². The maximum atomic E-state index is 11.7. The second kappa shape index (κ2) is 8.97. The first kappa shape index (κ1) is 17.0. The van der Waals surface area contributed by atoms with Crippen LogP contribution in [0.15, 0.2) is 30.3 Å². The molecular weight excluding hydrogens is 272 g/mol. The van der Waals surface area contributed by atoms with Gasteiger partial charge in [0, 0.05) is 19.1 Å². The number of amides is 2. The van der Waals surface area contributed by atoms with Gasteiger partial charge in [0.2, 0.25) is 0 Å². The van der Waals surface area contributed by atoms with Gasteiger partial charge in [0.25, 0.3) is 0 Å². The molecule has 0 radical (unpaired) electrons. The van der Waals surface area contributed by atoms with Crippen molar-refractivity contribution in [2.24, 2.45) is 0 Å². The number of rotatable bonds is 8. The third-order valence-corrected chi connectivity index (χ3v) is 3.11. The molecule has 1 aromatic carbocycles. The van der Waals surface area contributed by atoms with Gasteiger partial charge in [0.1, 0.15) is 6.04 Å². The summed E-state index contributed by atoms with van der Waals surface area (Å²) in [5.74, 6) is -1.16. The highest BCUT2D eigenvalue weighted by Crippen LogP contribution is 2.04. The van der Waals surface area contributed by atoms with Gasteiger partial charge in [-0.2, -0.15) is 0 Å². The first-order valence-electron chi connectivity index (χ1n) is 6.97. The fourth-order valence-electron chi connectivity index (χ4n) is 1.91. The maximum Gasteiger partial charge on any atom is 0.326 e. The number of aliphatic hydroxyl groups is 1. The van der Waals surface area contributed by atoms with Crippen LogP contribution in [0.1, 0.15) is 25.3 Å². The topological polar surface area (TPSA) is 98.7 Å². The fourth-order valence-corrected chi connectivity index (χ4v) is 1.91. The Hall–Kier alpha value is -2.08. The van der Waals surface area contributed by atoms with E-state index < -0.39 is 18.0 Å². The third-order valence-electron chi connectivity index (χ3n) is 3.11. The highest BCUT2D eigenvalue weighted by molar-refractivity contribution is 5.82. The van der Waals surface area contributed by atoms with E-state index in [0.29, 0.717) is 0 Å². The molecule has 21 heavy (non-hydrogen) atoms. The Morgan fingerprint density at radius 2 is 1.81 bits per heavy atom. The molecule has 1 aromatic rings. The standard InChI is InChI=1S/C15H22N2O4/c1-11(7-8-12-5-3-2-4-6-12)16-15(21)17-13(9-10-18)14(19)20/h2-6,11,13,18H,7-10H2,1H3,(H,19,20)(H2,16,17,21)/t11?,13-/m1/s1. The molecule has 0 aliphatic carbocycles. The Morgan fingerprint density at radius 1 is 1.14 bits per heavy atom. The first-order valence-corrected chi connectivity index (χ1v) is 6.97. The summed E-state index contributed by atoms with van der Waals surface area (Å²) in [4.78, 5) is 22.6. The number of hydrogen-bond acceptors (Lipinski definition) is 3. The molecule has 6 nitrogen and oxygen atoms in total. The van der Waals surface area contributed by atoms with Crippen molar-refractivity contribution in [3.63, 3.8) is 0 Å². The third kappa shape index (κ3) is 6.76. The van der Waals surface area contributed by atoms with Gasteiger partial charge < -0.3 is 20.8 Å². The Labute approximate surface area is 124 Å². The van der Waals surface area contributed by atoms with Crippen molar-refractivity contribution in [2.75, 3.05) is 6.61 Å². The number of nitrogens with one attached hydrogen (secondary N) is 2. The molecule has 0 bridgehead atoms. The van der Waals surface area contributed by atoms with Crippen LogP contribution in [-0.4, -0.2) is 40.9 Å². The van der Waals surface area contributed by atoms with Crippen LogP contribution < -0.4 is 10.6 Å². The average molecular weight is 294 g/mol. The lowest BCUT2D eigenvalue weighted by Gasteiger charge is -2.18. The summed E-state index contributed by atoms with van der Waals surface area (Å²) in [5, 5.41) is 22.7. The van der Waals surface area contributed by atoms with Crippen molar-refractivity contribution >= 4 is 12.0 Å². The second-order valence-electron chi connectivity index (χ2n) is 4.95. The van der Waals surface area contributed by atoms with Gasteiger partial charge >= 0.3 is 12.0 Å². The summed E-state index contributed by atoms with van der Waals surface area (Å²) in [5.41, 5.74) is 1.19. The molecule has 0 saturated carbocycles. The van der Waals surface area contributed by atoms with Gasteiger partial charge in [-0.1, -0.05) is 30.3 Å². The molecule has 1 rings (SSSR count). The summed E-state index contributed by atoms with van der Waals surface area (Å²) >= 11 is 0. The Bertz CT molecular complexity index is 450. The van der Waals surface area contributed by atoms with E-state index in [2.05, 4.69) is 10.6 Å². The summed E-state index contributed by atoms with van der Waals surface area (Å²) < 4.78 is 0. The van der Waals surface area contributed by atoms with Crippen molar-refractivity contribution in [3.05, 3.63) is 35.9 Å². The van der Waals surface area contributed by atoms with Crippen LogP contribution in [-0.2, 0) is 11.2 Å².